The monoisotopic (exact) mass is 352 g/mol. The van der Waals surface area contributed by atoms with E-state index in [-0.39, 0.29) is 12.3 Å². The summed E-state index contributed by atoms with van der Waals surface area (Å²) in [6, 6.07) is 14.6. The van der Waals surface area contributed by atoms with Gasteiger partial charge in [-0.25, -0.2) is 4.79 Å². The first-order valence-corrected chi connectivity index (χ1v) is 8.29. The van der Waals surface area contributed by atoms with Crippen LogP contribution in [0.5, 0.6) is 5.75 Å². The Labute approximate surface area is 150 Å². The molecule has 2 aromatic carbocycles. The standard InChI is InChI=1S/C20H20N2O4/c1-13(23)22-19(20(24)25)9-15-11-21-18-10-16(7-8-17(15)18)26-12-14-5-3-2-4-6-14/h2-8,10-11,19,21H,9,12H2,1H3,(H,22,23)(H,24,25)/t19-/m0/s1. The van der Waals surface area contributed by atoms with Crippen molar-refractivity contribution in [3.05, 3.63) is 65.9 Å². The zero-order chi connectivity index (χ0) is 18.5. The lowest BCUT2D eigenvalue weighted by molar-refractivity contribution is -0.141. The summed E-state index contributed by atoms with van der Waals surface area (Å²) >= 11 is 0. The first kappa shape index (κ1) is 17.5. The average Bonchev–Trinajstić information content (AvgIpc) is 3.02. The molecule has 1 aromatic heterocycles. The maximum absolute atomic E-state index is 11.3. The molecule has 0 spiro atoms. The Bertz CT molecular complexity index is 918. The highest BCUT2D eigenvalue weighted by molar-refractivity contribution is 5.87. The Morgan fingerprint density at radius 1 is 1.19 bits per heavy atom. The number of carboxylic acids is 1. The maximum Gasteiger partial charge on any atom is 0.326 e. The normalized spacial score (nSPS) is 11.9. The van der Waals surface area contributed by atoms with Crippen molar-refractivity contribution in [2.75, 3.05) is 0 Å². The summed E-state index contributed by atoms with van der Waals surface area (Å²) in [7, 11) is 0. The highest BCUT2D eigenvalue weighted by atomic mass is 16.5. The second kappa shape index (κ2) is 7.74. The van der Waals surface area contributed by atoms with Gasteiger partial charge in [-0.3, -0.25) is 4.79 Å². The third-order valence-corrected chi connectivity index (χ3v) is 4.09. The van der Waals surface area contributed by atoms with Crippen molar-refractivity contribution in [2.45, 2.75) is 26.0 Å². The quantitative estimate of drug-likeness (QED) is 0.610. The van der Waals surface area contributed by atoms with Crippen LogP contribution >= 0.6 is 0 Å². The zero-order valence-corrected chi connectivity index (χ0v) is 14.4. The Morgan fingerprint density at radius 3 is 2.65 bits per heavy atom. The van der Waals surface area contributed by atoms with Gasteiger partial charge in [0.2, 0.25) is 5.91 Å². The smallest absolute Gasteiger partial charge is 0.326 e. The molecule has 134 valence electrons. The predicted molar refractivity (Wildman–Crippen MR) is 98.0 cm³/mol. The molecule has 6 nitrogen and oxygen atoms in total. The van der Waals surface area contributed by atoms with Crippen molar-refractivity contribution in [3.8, 4) is 5.75 Å². The predicted octanol–water partition coefficient (Wildman–Crippen LogP) is 2.88. The van der Waals surface area contributed by atoms with Gasteiger partial charge in [0.05, 0.1) is 0 Å². The second-order valence-electron chi connectivity index (χ2n) is 6.09. The fraction of sp³-hybridized carbons (Fsp3) is 0.200. The minimum atomic E-state index is -1.06. The molecule has 1 heterocycles. The molecule has 0 radical (unpaired) electrons. The lowest BCUT2D eigenvalue weighted by atomic mass is 10.0. The third kappa shape index (κ3) is 4.22. The molecule has 3 aromatic rings. The number of aromatic amines is 1. The van der Waals surface area contributed by atoms with E-state index in [1.807, 2.05) is 48.5 Å². The number of H-pyrrole nitrogens is 1. The molecule has 1 atom stereocenters. The van der Waals surface area contributed by atoms with E-state index < -0.39 is 12.0 Å². The molecule has 0 fully saturated rings. The fourth-order valence-electron chi connectivity index (χ4n) is 2.83. The lowest BCUT2D eigenvalue weighted by Gasteiger charge is -2.12. The number of ether oxygens (including phenoxy) is 1. The van der Waals surface area contributed by atoms with E-state index in [2.05, 4.69) is 10.3 Å². The average molecular weight is 352 g/mol. The van der Waals surface area contributed by atoms with Gasteiger partial charge in [0.25, 0.3) is 0 Å². The van der Waals surface area contributed by atoms with Crippen molar-refractivity contribution in [1.82, 2.24) is 10.3 Å². The molecule has 0 unspecified atom stereocenters. The lowest BCUT2D eigenvalue weighted by Crippen LogP contribution is -2.41. The minimum Gasteiger partial charge on any atom is -0.489 e. The number of carbonyl (C=O) groups is 2. The van der Waals surface area contributed by atoms with E-state index in [1.165, 1.54) is 6.92 Å². The summed E-state index contributed by atoms with van der Waals surface area (Å²) in [6.07, 6.45) is 1.97. The molecular weight excluding hydrogens is 332 g/mol. The number of aromatic nitrogens is 1. The van der Waals surface area contributed by atoms with Crippen LogP contribution < -0.4 is 10.1 Å². The number of benzene rings is 2. The van der Waals surface area contributed by atoms with Crippen LogP contribution in [-0.4, -0.2) is 28.0 Å². The Balaban J connectivity index is 1.74. The summed E-state index contributed by atoms with van der Waals surface area (Å²) in [5.74, 6) is -0.697. The molecule has 0 saturated carbocycles. The van der Waals surface area contributed by atoms with Gasteiger partial charge in [-0.1, -0.05) is 30.3 Å². The highest BCUT2D eigenvalue weighted by Gasteiger charge is 2.20. The summed E-state index contributed by atoms with van der Waals surface area (Å²) < 4.78 is 5.81. The van der Waals surface area contributed by atoms with Crippen LogP contribution in [0.3, 0.4) is 0 Å². The Kier molecular flexibility index (Phi) is 5.22. The van der Waals surface area contributed by atoms with Crippen LogP contribution in [0.25, 0.3) is 10.9 Å². The molecule has 3 N–H and O–H groups in total. The zero-order valence-electron chi connectivity index (χ0n) is 14.4. The third-order valence-electron chi connectivity index (χ3n) is 4.09. The van der Waals surface area contributed by atoms with E-state index in [4.69, 9.17) is 4.74 Å². The summed E-state index contributed by atoms with van der Waals surface area (Å²) in [5.41, 5.74) is 2.77. The van der Waals surface area contributed by atoms with Gasteiger partial charge >= 0.3 is 5.97 Å². The van der Waals surface area contributed by atoms with Crippen LogP contribution in [0.15, 0.2) is 54.7 Å². The number of carbonyl (C=O) groups excluding carboxylic acids is 1. The molecule has 0 bridgehead atoms. The minimum absolute atomic E-state index is 0.207. The topological polar surface area (TPSA) is 91.4 Å². The number of hydrogen-bond acceptors (Lipinski definition) is 3. The van der Waals surface area contributed by atoms with Crippen LogP contribution in [0, 0.1) is 0 Å². The first-order valence-electron chi connectivity index (χ1n) is 8.29. The highest BCUT2D eigenvalue weighted by Crippen LogP contribution is 2.25. The fourth-order valence-corrected chi connectivity index (χ4v) is 2.83. The van der Waals surface area contributed by atoms with Gasteiger partial charge in [0.15, 0.2) is 0 Å². The number of rotatable bonds is 7. The van der Waals surface area contributed by atoms with Gasteiger partial charge in [-0.05, 0) is 23.3 Å². The van der Waals surface area contributed by atoms with Gasteiger partial charge in [-0.15, -0.1) is 0 Å². The number of fused-ring (bicyclic) bond motifs is 1. The number of carboxylic acid groups (broad SMARTS) is 1. The Morgan fingerprint density at radius 2 is 1.96 bits per heavy atom. The largest absolute Gasteiger partial charge is 0.489 e. The number of nitrogens with one attached hydrogen (secondary N) is 2. The van der Waals surface area contributed by atoms with Crippen molar-refractivity contribution in [3.63, 3.8) is 0 Å². The molecule has 0 aliphatic heterocycles. The molecule has 0 aliphatic carbocycles. The van der Waals surface area contributed by atoms with Crippen molar-refractivity contribution < 1.29 is 19.4 Å². The molecule has 0 aliphatic rings. The van der Waals surface area contributed by atoms with Crippen molar-refractivity contribution >= 4 is 22.8 Å². The summed E-state index contributed by atoms with van der Waals surface area (Å²) in [6.45, 7) is 1.78. The first-order chi connectivity index (χ1) is 12.5. The maximum atomic E-state index is 11.3. The molecule has 3 rings (SSSR count). The van der Waals surface area contributed by atoms with Crippen LogP contribution in [0.1, 0.15) is 18.1 Å². The van der Waals surface area contributed by atoms with Crippen LogP contribution in [0.2, 0.25) is 0 Å². The molecule has 1 amide bonds. The van der Waals surface area contributed by atoms with Gasteiger partial charge in [-0.2, -0.15) is 0 Å². The van der Waals surface area contributed by atoms with Gasteiger partial charge in [0.1, 0.15) is 18.4 Å². The Hall–Kier alpha value is -3.28. The van der Waals surface area contributed by atoms with E-state index in [9.17, 15) is 14.7 Å². The van der Waals surface area contributed by atoms with Crippen LogP contribution in [0.4, 0.5) is 0 Å². The number of amides is 1. The number of aliphatic carboxylic acids is 1. The van der Waals surface area contributed by atoms with Gasteiger partial charge < -0.3 is 20.1 Å². The molecule has 6 heteroatoms. The second-order valence-corrected chi connectivity index (χ2v) is 6.09. The van der Waals surface area contributed by atoms with Crippen molar-refractivity contribution in [2.24, 2.45) is 0 Å². The van der Waals surface area contributed by atoms with Crippen molar-refractivity contribution in [1.29, 1.82) is 0 Å². The van der Waals surface area contributed by atoms with E-state index in [1.54, 1.807) is 6.20 Å². The van der Waals surface area contributed by atoms with Crippen LogP contribution in [-0.2, 0) is 22.6 Å². The SMILES string of the molecule is CC(=O)N[C@@H](Cc1c[nH]c2cc(OCc3ccccc3)ccc12)C(=O)O. The number of hydrogen-bond donors (Lipinski definition) is 3. The van der Waals surface area contributed by atoms with Gasteiger partial charge in [0, 0.05) is 36.5 Å². The molecule has 0 saturated heterocycles. The van der Waals surface area contributed by atoms with E-state index >= 15 is 0 Å². The summed E-state index contributed by atoms with van der Waals surface area (Å²) in [4.78, 5) is 25.7. The molecular formula is C20H20N2O4. The van der Waals surface area contributed by atoms with E-state index in [0.717, 1.165) is 27.8 Å². The molecule has 26 heavy (non-hydrogen) atoms. The van der Waals surface area contributed by atoms with E-state index in [0.29, 0.717) is 6.61 Å². The summed E-state index contributed by atoms with van der Waals surface area (Å²) in [5, 5.41) is 12.6.